The minimum atomic E-state index is -1.43. The topological polar surface area (TPSA) is 212 Å². The summed E-state index contributed by atoms with van der Waals surface area (Å²) in [5, 5.41) is 37.8. The predicted octanol–water partition coefficient (Wildman–Crippen LogP) is 0.122. The van der Waals surface area contributed by atoms with Crippen LogP contribution in [0.3, 0.4) is 0 Å². The Morgan fingerprint density at radius 2 is 2.02 bits per heavy atom. The Labute approximate surface area is 245 Å². The molecule has 3 atom stereocenters. The van der Waals surface area contributed by atoms with Crippen LogP contribution in [0.15, 0.2) is 34.6 Å². The van der Waals surface area contributed by atoms with Crippen molar-refractivity contribution in [2.45, 2.75) is 22.6 Å². The van der Waals surface area contributed by atoms with E-state index in [2.05, 4.69) is 31.5 Å². The molecule has 1 aromatic carbocycles. The number of aromatic hydroxyl groups is 1. The number of amides is 6. The number of rotatable bonds is 8. The molecule has 1 saturated heterocycles. The number of β-lactam (4-membered cyclic amide) rings is 1. The standard InChI is InChI=1S/C22H24ClN9O7S2/c1-24-20(38)30(2)21(39)26-13(9-4-5-12(33)11(23)6-9)16(34)25-14-17(35)32-15(19(36)37)10(7-40-18(14)32)8-41-22-27-28-29-31(22)3/h4-6,13-14,18,33H,7-8H2,1-3H3,(H,24,38)(H,25,34)(H,26,39)(H,36,37)/t13?,14?,18-/m0/s1. The molecule has 2 aliphatic rings. The number of carboxylic acids is 1. The zero-order valence-corrected chi connectivity index (χ0v) is 24.1. The number of nitrogens with zero attached hydrogens (tertiary/aromatic N) is 6. The maximum atomic E-state index is 13.4. The average molecular weight is 626 g/mol. The van der Waals surface area contributed by atoms with Gasteiger partial charge in [-0.15, -0.1) is 16.9 Å². The Hall–Kier alpha value is -4.03. The average Bonchev–Trinajstić information content (AvgIpc) is 3.37. The third-order valence-corrected chi connectivity index (χ3v) is 8.90. The summed E-state index contributed by atoms with van der Waals surface area (Å²) in [5.74, 6) is -2.52. The predicted molar refractivity (Wildman–Crippen MR) is 146 cm³/mol. The van der Waals surface area contributed by atoms with Gasteiger partial charge in [0, 0.05) is 32.6 Å². The lowest BCUT2D eigenvalue weighted by atomic mass is 10.0. The molecule has 0 bridgehead atoms. The summed E-state index contributed by atoms with van der Waals surface area (Å²) >= 11 is 8.50. The van der Waals surface area contributed by atoms with Crippen LogP contribution in [0, 0.1) is 0 Å². The number of nitrogens with one attached hydrogen (secondary N) is 3. The molecule has 3 heterocycles. The fraction of sp³-hybridized carbons (Fsp3) is 0.364. The molecule has 0 aliphatic carbocycles. The number of carbonyl (C=O) groups excluding carboxylic acids is 4. The molecule has 6 amide bonds. The van der Waals surface area contributed by atoms with Gasteiger partial charge in [0.05, 0.1) is 5.02 Å². The van der Waals surface area contributed by atoms with Crippen LogP contribution < -0.4 is 16.0 Å². The molecule has 1 aromatic heterocycles. The van der Waals surface area contributed by atoms with Gasteiger partial charge in [0.1, 0.15) is 28.9 Å². The van der Waals surface area contributed by atoms with E-state index in [-0.39, 0.29) is 33.5 Å². The number of fused-ring (bicyclic) bond motifs is 1. The minimum Gasteiger partial charge on any atom is -0.506 e. The van der Waals surface area contributed by atoms with E-state index < -0.39 is 47.3 Å². The van der Waals surface area contributed by atoms with E-state index in [4.69, 9.17) is 11.6 Å². The largest absolute Gasteiger partial charge is 0.506 e. The van der Waals surface area contributed by atoms with Gasteiger partial charge < -0.3 is 26.2 Å². The van der Waals surface area contributed by atoms with Gasteiger partial charge in [0.25, 0.3) is 5.91 Å². The van der Waals surface area contributed by atoms with Crippen LogP contribution in [-0.2, 0) is 21.4 Å². The van der Waals surface area contributed by atoms with Crippen molar-refractivity contribution >= 4 is 65.0 Å². The van der Waals surface area contributed by atoms with Gasteiger partial charge in [0.15, 0.2) is 0 Å². The molecular formula is C22H24ClN9O7S2. The Balaban J connectivity index is 1.53. The monoisotopic (exact) mass is 625 g/mol. The molecule has 2 aromatic rings. The van der Waals surface area contributed by atoms with Crippen LogP contribution in [-0.4, -0.2) is 107 Å². The maximum Gasteiger partial charge on any atom is 0.352 e. The lowest BCUT2D eigenvalue weighted by molar-refractivity contribution is -0.151. The molecule has 1 fully saturated rings. The highest BCUT2D eigenvalue weighted by Gasteiger charge is 2.54. The second kappa shape index (κ2) is 12.2. The molecular weight excluding hydrogens is 602 g/mol. The van der Waals surface area contributed by atoms with Crippen molar-refractivity contribution in [2.75, 3.05) is 25.6 Å². The zero-order valence-electron chi connectivity index (χ0n) is 21.7. The highest BCUT2D eigenvalue weighted by Crippen LogP contribution is 2.41. The molecule has 5 N–H and O–H groups in total. The molecule has 2 aliphatic heterocycles. The van der Waals surface area contributed by atoms with Crippen molar-refractivity contribution in [3.05, 3.63) is 40.1 Å². The lowest BCUT2D eigenvalue weighted by Crippen LogP contribution is -2.71. The number of aryl methyl sites for hydroxylation is 1. The van der Waals surface area contributed by atoms with Gasteiger partial charge in [-0.25, -0.2) is 24.0 Å². The van der Waals surface area contributed by atoms with E-state index in [0.29, 0.717) is 15.6 Å². The molecule has 0 radical (unpaired) electrons. The van der Waals surface area contributed by atoms with E-state index >= 15 is 0 Å². The Morgan fingerprint density at radius 1 is 1.29 bits per heavy atom. The Morgan fingerprint density at radius 3 is 2.63 bits per heavy atom. The summed E-state index contributed by atoms with van der Waals surface area (Å²) in [4.78, 5) is 65.1. The second-order valence-corrected chi connectivity index (χ2v) is 11.2. The Kier molecular flexibility index (Phi) is 8.93. The van der Waals surface area contributed by atoms with Gasteiger partial charge in [-0.2, -0.15) is 0 Å². The number of hydrogen-bond donors (Lipinski definition) is 5. The van der Waals surface area contributed by atoms with Gasteiger partial charge in [-0.05, 0) is 33.7 Å². The number of imide groups is 1. The van der Waals surface area contributed by atoms with E-state index in [0.717, 1.165) is 4.90 Å². The van der Waals surface area contributed by atoms with Crippen LogP contribution in [0.25, 0.3) is 0 Å². The van der Waals surface area contributed by atoms with Crippen LogP contribution >= 0.6 is 35.1 Å². The van der Waals surface area contributed by atoms with Crippen molar-refractivity contribution in [3.8, 4) is 5.75 Å². The number of thioether (sulfide) groups is 2. The van der Waals surface area contributed by atoms with Gasteiger partial charge in [0.2, 0.25) is 11.1 Å². The summed E-state index contributed by atoms with van der Waals surface area (Å²) in [5.41, 5.74) is 0.479. The number of halogens is 1. The minimum absolute atomic E-state index is 0.0957. The molecule has 218 valence electrons. The summed E-state index contributed by atoms with van der Waals surface area (Å²) in [7, 11) is 4.16. The van der Waals surface area contributed by atoms with Gasteiger partial charge in [-0.3, -0.25) is 14.5 Å². The summed E-state index contributed by atoms with van der Waals surface area (Å²) in [6.45, 7) is 0. The number of urea groups is 2. The smallest absolute Gasteiger partial charge is 0.352 e. The third-order valence-electron chi connectivity index (χ3n) is 6.16. The van der Waals surface area contributed by atoms with Gasteiger partial charge >= 0.3 is 18.0 Å². The van der Waals surface area contributed by atoms with Crippen LogP contribution in [0.5, 0.6) is 5.75 Å². The fourth-order valence-electron chi connectivity index (χ4n) is 4.01. The number of tetrazole rings is 1. The highest BCUT2D eigenvalue weighted by atomic mass is 35.5. The normalized spacial score (nSPS) is 18.6. The molecule has 41 heavy (non-hydrogen) atoms. The number of carbonyl (C=O) groups is 5. The molecule has 2 unspecified atom stereocenters. The number of aliphatic carboxylic acids is 1. The van der Waals surface area contributed by atoms with Crippen LogP contribution in [0.4, 0.5) is 9.59 Å². The van der Waals surface area contributed by atoms with Crippen molar-refractivity contribution < 1.29 is 34.2 Å². The second-order valence-electron chi connectivity index (χ2n) is 8.73. The fourth-order valence-corrected chi connectivity index (χ4v) is 6.53. The lowest BCUT2D eigenvalue weighted by Gasteiger charge is -2.49. The zero-order chi connectivity index (χ0) is 30.0. The highest BCUT2D eigenvalue weighted by molar-refractivity contribution is 8.01. The number of phenols is 1. The molecule has 19 heteroatoms. The van der Waals surface area contributed by atoms with Crippen molar-refractivity contribution in [1.82, 2.24) is 46.0 Å². The summed E-state index contributed by atoms with van der Waals surface area (Å²) < 4.78 is 1.44. The molecule has 0 saturated carbocycles. The first-order valence-electron chi connectivity index (χ1n) is 11.7. The molecule has 0 spiro atoms. The first-order valence-corrected chi connectivity index (χ1v) is 14.2. The van der Waals surface area contributed by atoms with Gasteiger partial charge in [-0.1, -0.05) is 29.4 Å². The van der Waals surface area contributed by atoms with Crippen LogP contribution in [0.1, 0.15) is 11.6 Å². The van der Waals surface area contributed by atoms with Crippen molar-refractivity contribution in [2.24, 2.45) is 7.05 Å². The van der Waals surface area contributed by atoms with Crippen molar-refractivity contribution in [3.63, 3.8) is 0 Å². The maximum absolute atomic E-state index is 13.4. The summed E-state index contributed by atoms with van der Waals surface area (Å²) in [6.07, 6.45) is 0. The number of aromatic nitrogens is 4. The molecule has 4 rings (SSSR count). The number of hydrogen-bond acceptors (Lipinski definition) is 11. The number of benzene rings is 1. The third kappa shape index (κ3) is 6.03. The van der Waals surface area contributed by atoms with E-state index in [1.54, 1.807) is 7.05 Å². The quantitative estimate of drug-likeness (QED) is 0.195. The Bertz CT molecular complexity index is 1450. The first kappa shape index (κ1) is 29.9. The van der Waals surface area contributed by atoms with E-state index in [1.165, 1.54) is 60.5 Å². The number of carboxylic acid groups (broad SMARTS) is 1. The molecule has 16 nitrogen and oxygen atoms in total. The number of phenolic OH excluding ortho intramolecular Hbond substituents is 1. The first-order chi connectivity index (χ1) is 19.4. The van der Waals surface area contributed by atoms with Crippen molar-refractivity contribution in [1.29, 1.82) is 0 Å². The van der Waals surface area contributed by atoms with E-state index in [1.807, 2.05) is 0 Å². The summed E-state index contributed by atoms with van der Waals surface area (Å²) in [6, 6.07) is -0.372. The van der Waals surface area contributed by atoms with E-state index in [9.17, 15) is 34.2 Å². The van der Waals surface area contributed by atoms with Crippen LogP contribution in [0.2, 0.25) is 5.02 Å². The SMILES string of the molecule is CNC(=O)N(C)C(=O)NC(C(=O)NC1C(=O)N2C(C(=O)O)=C(CSc3nnnn3C)CS[C@@H]12)c1ccc(O)c(Cl)c1.